The molecular formula is C16H17N5O4S2. The van der Waals surface area contributed by atoms with Crippen LogP contribution in [0.15, 0.2) is 28.6 Å². The van der Waals surface area contributed by atoms with Crippen molar-refractivity contribution in [1.82, 2.24) is 10.2 Å². The number of nitrogens with one attached hydrogen (secondary N) is 1. The molecule has 2 heterocycles. The normalized spacial score (nSPS) is 16.4. The van der Waals surface area contributed by atoms with Gasteiger partial charge in [0, 0.05) is 13.0 Å². The molecule has 142 valence electrons. The third-order valence-corrected chi connectivity index (χ3v) is 5.84. The highest BCUT2D eigenvalue weighted by molar-refractivity contribution is 8.01. The van der Waals surface area contributed by atoms with Gasteiger partial charge in [-0.05, 0) is 12.1 Å². The van der Waals surface area contributed by atoms with Crippen LogP contribution in [0, 0.1) is 5.92 Å². The summed E-state index contributed by atoms with van der Waals surface area (Å²) in [5.74, 6) is -0.743. The van der Waals surface area contributed by atoms with Gasteiger partial charge in [-0.15, -0.1) is 10.2 Å². The van der Waals surface area contributed by atoms with E-state index in [0.717, 1.165) is 23.1 Å². The highest BCUT2D eigenvalue weighted by atomic mass is 32.2. The minimum atomic E-state index is -0.506. The van der Waals surface area contributed by atoms with E-state index in [9.17, 15) is 14.4 Å². The molecule has 9 nitrogen and oxygen atoms in total. The lowest BCUT2D eigenvalue weighted by Gasteiger charge is -2.19. The summed E-state index contributed by atoms with van der Waals surface area (Å²) >= 11 is 2.30. The number of carbonyl (C=O) groups is 3. The molecule has 1 unspecified atom stereocenters. The van der Waals surface area contributed by atoms with E-state index < -0.39 is 11.8 Å². The van der Waals surface area contributed by atoms with Crippen LogP contribution in [-0.2, 0) is 14.4 Å². The number of methoxy groups -OCH3 is 1. The lowest BCUT2D eigenvalue weighted by Crippen LogP contribution is -2.28. The zero-order chi connectivity index (χ0) is 19.4. The van der Waals surface area contributed by atoms with Crippen LogP contribution in [-0.4, -0.2) is 47.3 Å². The maximum absolute atomic E-state index is 12.5. The number of nitrogens with zero attached hydrogens (tertiary/aromatic N) is 3. The summed E-state index contributed by atoms with van der Waals surface area (Å²) in [6.07, 6.45) is 0.103. The predicted octanol–water partition coefficient (Wildman–Crippen LogP) is 1.12. The van der Waals surface area contributed by atoms with Crippen LogP contribution in [0.25, 0.3) is 0 Å². The van der Waals surface area contributed by atoms with Crippen molar-refractivity contribution in [1.29, 1.82) is 0 Å². The highest BCUT2D eigenvalue weighted by Crippen LogP contribution is 2.33. The lowest BCUT2D eigenvalue weighted by atomic mass is 10.1. The van der Waals surface area contributed by atoms with E-state index in [4.69, 9.17) is 10.5 Å². The fourth-order valence-corrected chi connectivity index (χ4v) is 4.12. The molecule has 1 aromatic heterocycles. The number of thioether (sulfide) groups is 1. The van der Waals surface area contributed by atoms with Crippen molar-refractivity contribution in [2.24, 2.45) is 11.7 Å². The molecule has 0 bridgehead atoms. The molecule has 1 aliphatic rings. The van der Waals surface area contributed by atoms with Crippen molar-refractivity contribution >= 4 is 51.6 Å². The Morgan fingerprint density at radius 3 is 2.93 bits per heavy atom. The van der Waals surface area contributed by atoms with E-state index in [0.29, 0.717) is 20.9 Å². The molecule has 1 atom stereocenters. The topological polar surface area (TPSA) is 128 Å². The first-order chi connectivity index (χ1) is 13.0. The number of nitrogens with two attached hydrogens (primary N) is 1. The first-order valence-corrected chi connectivity index (χ1v) is 9.77. The maximum atomic E-state index is 12.5. The third-order valence-electron chi connectivity index (χ3n) is 3.85. The van der Waals surface area contributed by atoms with Crippen LogP contribution in [0.1, 0.15) is 6.42 Å². The van der Waals surface area contributed by atoms with Gasteiger partial charge in [0.2, 0.25) is 22.9 Å². The number of amides is 3. The number of carbonyl (C=O) groups excluding carboxylic acids is 3. The molecule has 11 heteroatoms. The van der Waals surface area contributed by atoms with Crippen LogP contribution in [0.5, 0.6) is 5.75 Å². The number of para-hydroxylation sites is 2. The number of aromatic nitrogens is 2. The zero-order valence-electron chi connectivity index (χ0n) is 14.4. The van der Waals surface area contributed by atoms with E-state index >= 15 is 0 Å². The van der Waals surface area contributed by atoms with Crippen LogP contribution in [0.4, 0.5) is 10.8 Å². The quantitative estimate of drug-likeness (QED) is 0.520. The first kappa shape index (κ1) is 19.1. The number of rotatable bonds is 7. The Balaban J connectivity index is 1.63. The molecule has 1 aromatic carbocycles. The van der Waals surface area contributed by atoms with Gasteiger partial charge in [0.1, 0.15) is 5.75 Å². The Kier molecular flexibility index (Phi) is 5.91. The molecule has 3 rings (SSSR count). The predicted molar refractivity (Wildman–Crippen MR) is 102 cm³/mol. The molecular weight excluding hydrogens is 390 g/mol. The second kappa shape index (κ2) is 8.35. The Morgan fingerprint density at radius 1 is 1.41 bits per heavy atom. The van der Waals surface area contributed by atoms with Crippen molar-refractivity contribution in [2.75, 3.05) is 29.6 Å². The van der Waals surface area contributed by atoms with Gasteiger partial charge in [0.25, 0.3) is 0 Å². The van der Waals surface area contributed by atoms with Gasteiger partial charge >= 0.3 is 0 Å². The number of hydrogen-bond acceptors (Lipinski definition) is 8. The van der Waals surface area contributed by atoms with E-state index in [1.807, 2.05) is 12.1 Å². The number of hydrogen-bond donors (Lipinski definition) is 2. The van der Waals surface area contributed by atoms with Crippen molar-refractivity contribution in [2.45, 2.75) is 10.8 Å². The Morgan fingerprint density at radius 2 is 2.19 bits per heavy atom. The lowest BCUT2D eigenvalue weighted by molar-refractivity contribution is -0.122. The summed E-state index contributed by atoms with van der Waals surface area (Å²) in [6.45, 7) is 0.257. The maximum Gasteiger partial charge on any atom is 0.231 e. The molecule has 1 aliphatic heterocycles. The summed E-state index contributed by atoms with van der Waals surface area (Å²) in [4.78, 5) is 37.2. The van der Waals surface area contributed by atoms with E-state index in [2.05, 4.69) is 15.5 Å². The fraction of sp³-hybridized carbons (Fsp3) is 0.312. The average molecular weight is 407 g/mol. The van der Waals surface area contributed by atoms with E-state index in [1.54, 1.807) is 17.0 Å². The molecule has 1 saturated heterocycles. The second-order valence-corrected chi connectivity index (χ2v) is 7.89. The Hall–Kier alpha value is -2.66. The van der Waals surface area contributed by atoms with E-state index in [-0.39, 0.29) is 30.5 Å². The van der Waals surface area contributed by atoms with Gasteiger partial charge in [-0.25, -0.2) is 0 Å². The monoisotopic (exact) mass is 407 g/mol. The minimum Gasteiger partial charge on any atom is -0.495 e. The molecule has 0 aliphatic carbocycles. The zero-order valence-corrected chi connectivity index (χ0v) is 16.0. The van der Waals surface area contributed by atoms with Crippen LogP contribution in [0.2, 0.25) is 0 Å². The molecule has 2 aromatic rings. The van der Waals surface area contributed by atoms with Gasteiger partial charge in [-0.1, -0.05) is 35.2 Å². The van der Waals surface area contributed by atoms with Gasteiger partial charge in [0.05, 0.1) is 24.5 Å². The number of benzene rings is 1. The smallest absolute Gasteiger partial charge is 0.231 e. The molecule has 3 amide bonds. The SMILES string of the molecule is COc1ccccc1N1CC(C(=O)Nc2nnc(SCC(N)=O)s2)CC1=O. The third kappa shape index (κ3) is 4.55. The van der Waals surface area contributed by atoms with Crippen molar-refractivity contribution in [3.63, 3.8) is 0 Å². The number of primary amides is 1. The minimum absolute atomic E-state index is 0.0908. The number of ether oxygens (including phenoxy) is 1. The average Bonchev–Trinajstić information content (AvgIpc) is 3.26. The first-order valence-electron chi connectivity index (χ1n) is 7.96. The standard InChI is InChI=1S/C16H17N5O4S2/c1-25-11-5-3-2-4-10(11)21-7-9(6-13(21)23)14(24)18-15-19-20-16(27-15)26-8-12(17)22/h2-5,9H,6-8H2,1H3,(H2,17,22)(H,18,19,24). The number of anilines is 2. The van der Waals surface area contributed by atoms with Crippen LogP contribution in [0.3, 0.4) is 0 Å². The Labute approximate surface area is 163 Å². The summed E-state index contributed by atoms with van der Waals surface area (Å²) in [6, 6.07) is 7.17. The molecule has 0 radical (unpaired) electrons. The van der Waals surface area contributed by atoms with Crippen molar-refractivity contribution in [3.05, 3.63) is 24.3 Å². The molecule has 0 spiro atoms. The van der Waals surface area contributed by atoms with Crippen LogP contribution >= 0.6 is 23.1 Å². The fourth-order valence-electron chi connectivity index (χ4n) is 2.63. The van der Waals surface area contributed by atoms with E-state index in [1.165, 1.54) is 7.11 Å². The van der Waals surface area contributed by atoms with Crippen molar-refractivity contribution in [3.8, 4) is 5.75 Å². The molecule has 1 fully saturated rings. The Bertz CT molecular complexity index is 872. The summed E-state index contributed by atoms with van der Waals surface area (Å²) < 4.78 is 5.82. The van der Waals surface area contributed by atoms with Crippen LogP contribution < -0.4 is 20.7 Å². The molecule has 3 N–H and O–H groups in total. The summed E-state index contributed by atoms with van der Waals surface area (Å²) in [5.41, 5.74) is 5.73. The van der Waals surface area contributed by atoms with Gasteiger partial charge in [0.15, 0.2) is 4.34 Å². The van der Waals surface area contributed by atoms with Crippen molar-refractivity contribution < 1.29 is 19.1 Å². The largest absolute Gasteiger partial charge is 0.495 e. The second-order valence-electron chi connectivity index (χ2n) is 5.69. The highest BCUT2D eigenvalue weighted by Gasteiger charge is 2.36. The van der Waals surface area contributed by atoms with Gasteiger partial charge in [-0.3, -0.25) is 14.4 Å². The van der Waals surface area contributed by atoms with Gasteiger partial charge < -0.3 is 20.7 Å². The summed E-state index contributed by atoms with van der Waals surface area (Å²) in [7, 11) is 1.53. The summed E-state index contributed by atoms with van der Waals surface area (Å²) in [5, 5.41) is 10.8. The molecule has 0 saturated carbocycles. The van der Waals surface area contributed by atoms with Gasteiger partial charge in [-0.2, -0.15) is 0 Å². The molecule has 27 heavy (non-hydrogen) atoms.